The molecule has 0 spiro atoms. The second kappa shape index (κ2) is 10.3. The van der Waals surface area contributed by atoms with Crippen molar-refractivity contribution in [3.63, 3.8) is 0 Å². The smallest absolute Gasteiger partial charge is 0.282 e. The fourth-order valence-corrected chi connectivity index (χ4v) is 7.09. The van der Waals surface area contributed by atoms with Crippen LogP contribution < -0.4 is 4.74 Å². The van der Waals surface area contributed by atoms with Gasteiger partial charge in [-0.2, -0.15) is 5.01 Å². The number of nitrogens with zero attached hydrogens (tertiary/aromatic N) is 3. The molecule has 4 aromatic carbocycles. The summed E-state index contributed by atoms with van der Waals surface area (Å²) in [6.07, 6.45) is 0. The Hall–Kier alpha value is -5.64. The third-order valence-corrected chi connectivity index (χ3v) is 8.94. The molecule has 2 bridgehead atoms. The summed E-state index contributed by atoms with van der Waals surface area (Å²) in [4.78, 5) is 67.7. The minimum Gasteiger partial charge on any atom is -0.497 e. The Bertz CT molecular complexity index is 1770. The number of Topliss-reactive ketones (excluding diaryl/α,β-unsaturated/α-hetero) is 1. The van der Waals surface area contributed by atoms with Gasteiger partial charge in [0.25, 0.3) is 23.4 Å². The lowest BCUT2D eigenvalue weighted by atomic mass is 9.55. The van der Waals surface area contributed by atoms with E-state index in [0.717, 1.165) is 38.3 Å². The van der Waals surface area contributed by atoms with Crippen LogP contribution >= 0.6 is 0 Å². The van der Waals surface area contributed by atoms with Crippen LogP contribution in [0.15, 0.2) is 97.1 Å². The van der Waals surface area contributed by atoms with Crippen molar-refractivity contribution < 1.29 is 28.8 Å². The van der Waals surface area contributed by atoms with E-state index in [1.165, 1.54) is 37.4 Å². The van der Waals surface area contributed by atoms with Crippen LogP contribution in [0.3, 0.4) is 0 Å². The van der Waals surface area contributed by atoms with E-state index in [0.29, 0.717) is 5.75 Å². The van der Waals surface area contributed by atoms with Crippen LogP contribution in [0.1, 0.15) is 54.8 Å². The first-order valence-electron chi connectivity index (χ1n) is 14.1. The van der Waals surface area contributed by atoms with E-state index in [-0.39, 0.29) is 11.1 Å². The topological polar surface area (TPSA) is 127 Å². The van der Waals surface area contributed by atoms with Crippen LogP contribution in [-0.2, 0) is 9.59 Å². The van der Waals surface area contributed by atoms with Crippen molar-refractivity contribution in [3.8, 4) is 5.75 Å². The summed E-state index contributed by atoms with van der Waals surface area (Å²) in [6, 6.07) is 26.9. The monoisotopic (exact) mass is 587 g/mol. The molecule has 2 atom stereocenters. The molecule has 1 aliphatic heterocycles. The maximum Gasteiger partial charge on any atom is 0.282 e. The van der Waals surface area contributed by atoms with Gasteiger partial charge in [0.05, 0.1) is 23.9 Å². The summed E-state index contributed by atoms with van der Waals surface area (Å²) in [6.45, 7) is -0.691. The van der Waals surface area contributed by atoms with Crippen molar-refractivity contribution in [1.29, 1.82) is 0 Å². The molecule has 10 nitrogen and oxygen atoms in total. The number of methoxy groups -OCH3 is 1. The maximum atomic E-state index is 14.4. The molecule has 0 radical (unpaired) electrons. The molecule has 218 valence electrons. The summed E-state index contributed by atoms with van der Waals surface area (Å²) in [5.74, 6) is -4.77. The fourth-order valence-electron chi connectivity index (χ4n) is 7.09. The highest BCUT2D eigenvalue weighted by Gasteiger charge is 2.63. The van der Waals surface area contributed by atoms with Gasteiger partial charge in [-0.3, -0.25) is 29.3 Å². The van der Waals surface area contributed by atoms with Gasteiger partial charge in [0.1, 0.15) is 17.9 Å². The number of amides is 3. The number of nitro benzene ring substituents is 1. The zero-order chi connectivity index (χ0) is 30.7. The molecular weight excluding hydrogens is 562 g/mol. The van der Waals surface area contributed by atoms with Crippen LogP contribution in [0.25, 0.3) is 0 Å². The number of hydrogen-bond donors (Lipinski definition) is 0. The number of para-hydroxylation sites is 1. The summed E-state index contributed by atoms with van der Waals surface area (Å²) >= 11 is 0. The SMILES string of the molecule is COc1ccc(C(=O)CN(C(=O)c2ccccc2[N+](=O)[O-])N2C(=O)[C@@H]3C4c5ccccc5C(c5ccccc54)[C@@H]3C2=O)cc1. The van der Waals surface area contributed by atoms with Crippen LogP contribution in [-0.4, -0.2) is 52.1 Å². The third kappa shape index (κ3) is 3.94. The third-order valence-electron chi connectivity index (χ3n) is 8.94. The average Bonchev–Trinajstić information content (AvgIpc) is 3.32. The molecule has 1 fully saturated rings. The van der Waals surface area contributed by atoms with E-state index in [9.17, 15) is 29.3 Å². The molecule has 8 rings (SSSR count). The summed E-state index contributed by atoms with van der Waals surface area (Å²) in [5, 5.41) is 13.4. The molecule has 1 heterocycles. The van der Waals surface area contributed by atoms with Gasteiger partial charge in [-0.05, 0) is 52.6 Å². The van der Waals surface area contributed by atoms with Crippen LogP contribution in [0, 0.1) is 22.0 Å². The van der Waals surface area contributed by atoms with E-state index < -0.39 is 64.3 Å². The minimum atomic E-state index is -0.998. The first-order valence-corrected chi connectivity index (χ1v) is 14.1. The molecule has 3 aliphatic carbocycles. The molecule has 3 amide bonds. The number of imide groups is 1. The van der Waals surface area contributed by atoms with Crippen LogP contribution in [0.4, 0.5) is 5.69 Å². The first kappa shape index (κ1) is 27.2. The Morgan fingerprint density at radius 3 is 1.73 bits per heavy atom. The maximum absolute atomic E-state index is 14.4. The van der Waals surface area contributed by atoms with E-state index in [2.05, 4.69) is 0 Å². The van der Waals surface area contributed by atoms with Crippen molar-refractivity contribution in [1.82, 2.24) is 10.0 Å². The second-order valence-electron chi connectivity index (χ2n) is 11.0. The lowest BCUT2D eigenvalue weighted by Crippen LogP contribution is -2.52. The highest BCUT2D eigenvalue weighted by atomic mass is 16.6. The minimum absolute atomic E-state index is 0.211. The van der Waals surface area contributed by atoms with Gasteiger partial charge in [0.2, 0.25) is 0 Å². The van der Waals surface area contributed by atoms with Gasteiger partial charge < -0.3 is 4.74 Å². The molecule has 0 aromatic heterocycles. The van der Waals surface area contributed by atoms with E-state index in [4.69, 9.17) is 4.74 Å². The highest BCUT2D eigenvalue weighted by molar-refractivity contribution is 6.11. The van der Waals surface area contributed by atoms with Crippen molar-refractivity contribution in [2.24, 2.45) is 11.8 Å². The van der Waals surface area contributed by atoms with Gasteiger partial charge in [0, 0.05) is 23.5 Å². The van der Waals surface area contributed by atoms with E-state index in [1.54, 1.807) is 12.1 Å². The Kier molecular flexibility index (Phi) is 6.35. The predicted octanol–water partition coefficient (Wildman–Crippen LogP) is 4.74. The summed E-state index contributed by atoms with van der Waals surface area (Å²) in [5.41, 5.74) is 3.17. The number of ether oxygens (including phenoxy) is 1. The number of carbonyl (C=O) groups excluding carboxylic acids is 4. The summed E-state index contributed by atoms with van der Waals surface area (Å²) in [7, 11) is 1.48. The van der Waals surface area contributed by atoms with Crippen LogP contribution in [0.2, 0.25) is 0 Å². The molecule has 0 N–H and O–H groups in total. The lowest BCUT2D eigenvalue weighted by Gasteiger charge is -2.45. The van der Waals surface area contributed by atoms with Crippen molar-refractivity contribution >= 4 is 29.2 Å². The zero-order valence-electron chi connectivity index (χ0n) is 23.5. The number of ketones is 1. The van der Waals surface area contributed by atoms with Crippen molar-refractivity contribution in [2.75, 3.05) is 13.7 Å². The zero-order valence-corrected chi connectivity index (χ0v) is 23.5. The number of rotatable bonds is 7. The molecule has 4 aliphatic rings. The van der Waals surface area contributed by atoms with Gasteiger partial charge in [-0.1, -0.05) is 60.7 Å². The Morgan fingerprint density at radius 2 is 1.25 bits per heavy atom. The normalized spacial score (nSPS) is 20.9. The quantitative estimate of drug-likeness (QED) is 0.132. The number of carbonyl (C=O) groups is 4. The molecule has 0 saturated carbocycles. The standard InChI is InChI=1S/C34H25N3O7/c1-44-20-16-14-19(15-17-20)27(38)18-35(32(39)25-12-6-7-13-26(25)37(42)43)36-33(40)30-28-21-8-2-3-9-22(21)29(31(30)34(36)41)24-11-5-4-10-23(24)28/h2-17,28-31H,18H2,1H3/t28?,29?,30-,31+. The lowest BCUT2D eigenvalue weighted by molar-refractivity contribution is -0.385. The predicted molar refractivity (Wildman–Crippen MR) is 157 cm³/mol. The number of hydrogen-bond acceptors (Lipinski definition) is 7. The first-order chi connectivity index (χ1) is 21.3. The van der Waals surface area contributed by atoms with Gasteiger partial charge in [0.15, 0.2) is 5.78 Å². The highest BCUT2D eigenvalue weighted by Crippen LogP contribution is 2.61. The fraction of sp³-hybridized carbons (Fsp3) is 0.176. The Morgan fingerprint density at radius 1 is 0.773 bits per heavy atom. The molecule has 0 unspecified atom stereocenters. The van der Waals surface area contributed by atoms with Gasteiger partial charge in [-0.15, -0.1) is 0 Å². The Labute approximate surface area is 251 Å². The number of nitro groups is 1. The van der Waals surface area contributed by atoms with Crippen LogP contribution in [0.5, 0.6) is 5.75 Å². The average molecular weight is 588 g/mol. The Balaban J connectivity index is 1.34. The molecule has 44 heavy (non-hydrogen) atoms. The molecule has 1 saturated heterocycles. The van der Waals surface area contributed by atoms with E-state index in [1.807, 2.05) is 48.5 Å². The molecule has 10 heteroatoms. The van der Waals surface area contributed by atoms with E-state index >= 15 is 0 Å². The number of hydrazine groups is 1. The summed E-state index contributed by atoms with van der Waals surface area (Å²) < 4.78 is 5.17. The number of benzene rings is 4. The van der Waals surface area contributed by atoms with Gasteiger partial charge in [-0.25, -0.2) is 5.01 Å². The van der Waals surface area contributed by atoms with Crippen molar-refractivity contribution in [3.05, 3.63) is 141 Å². The van der Waals surface area contributed by atoms with Gasteiger partial charge >= 0.3 is 0 Å². The van der Waals surface area contributed by atoms with Crippen molar-refractivity contribution in [2.45, 2.75) is 11.8 Å². The largest absolute Gasteiger partial charge is 0.497 e. The molecular formula is C34H25N3O7. The second-order valence-corrected chi connectivity index (χ2v) is 11.0. The molecule has 4 aromatic rings.